The molecule has 0 aromatic carbocycles. The molecule has 0 saturated carbocycles. The summed E-state index contributed by atoms with van der Waals surface area (Å²) in [5.41, 5.74) is 1.22. The highest BCUT2D eigenvalue weighted by molar-refractivity contribution is 5.66. The van der Waals surface area contributed by atoms with E-state index in [4.69, 9.17) is 0 Å². The molecule has 14 heavy (non-hydrogen) atoms. The Kier molecular flexibility index (Phi) is 9.13. The molecule has 2 nitrogen and oxygen atoms in total. The standard InChI is InChI=1S/C12H18O2/c1-2-7-12(9-11-14)8-5-3-4-6-10-13/h6,9,11H,2-5,7-8H2,1H3. The molecule has 0 aromatic heterocycles. The van der Waals surface area contributed by atoms with Crippen LogP contribution in [-0.4, -0.2) is 12.2 Å². The van der Waals surface area contributed by atoms with E-state index in [-0.39, 0.29) is 0 Å². The molecule has 0 atom stereocenters. The van der Waals surface area contributed by atoms with E-state index in [0.29, 0.717) is 0 Å². The fourth-order valence-corrected chi connectivity index (χ4v) is 1.37. The van der Waals surface area contributed by atoms with Crippen molar-refractivity contribution in [1.82, 2.24) is 0 Å². The normalized spacial score (nSPS) is 10.8. The van der Waals surface area contributed by atoms with E-state index >= 15 is 0 Å². The maximum absolute atomic E-state index is 10.3. The van der Waals surface area contributed by atoms with Crippen LogP contribution in [0.1, 0.15) is 45.4 Å². The smallest absolute Gasteiger partial charge is 0.142 e. The van der Waals surface area contributed by atoms with Gasteiger partial charge in [0.2, 0.25) is 0 Å². The van der Waals surface area contributed by atoms with Crippen LogP contribution in [0.5, 0.6) is 0 Å². The van der Waals surface area contributed by atoms with Crippen molar-refractivity contribution in [2.45, 2.75) is 45.4 Å². The average Bonchev–Trinajstić information content (AvgIpc) is 2.18. The monoisotopic (exact) mass is 194 g/mol. The first-order valence-electron chi connectivity index (χ1n) is 5.17. The Morgan fingerprint density at radius 1 is 1.29 bits per heavy atom. The zero-order valence-electron chi connectivity index (χ0n) is 8.79. The van der Waals surface area contributed by atoms with E-state index in [9.17, 15) is 9.59 Å². The van der Waals surface area contributed by atoms with Gasteiger partial charge in [-0.2, -0.15) is 0 Å². The van der Waals surface area contributed by atoms with Crippen molar-refractivity contribution in [3.8, 4) is 0 Å². The van der Waals surface area contributed by atoms with Crippen LogP contribution in [0.15, 0.2) is 17.7 Å². The molecule has 0 unspecified atom stereocenters. The van der Waals surface area contributed by atoms with Gasteiger partial charge in [0.05, 0.1) is 0 Å². The molecule has 78 valence electrons. The van der Waals surface area contributed by atoms with Gasteiger partial charge in [0.25, 0.3) is 0 Å². The van der Waals surface area contributed by atoms with Gasteiger partial charge in [-0.25, -0.2) is 4.79 Å². The second-order valence-electron chi connectivity index (χ2n) is 3.28. The summed E-state index contributed by atoms with van der Waals surface area (Å²) in [5.74, 6) is 1.76. The number of aldehydes is 1. The van der Waals surface area contributed by atoms with Gasteiger partial charge >= 0.3 is 0 Å². The first kappa shape index (κ1) is 12.9. The van der Waals surface area contributed by atoms with Crippen LogP contribution in [0, 0.1) is 0 Å². The van der Waals surface area contributed by atoms with Crippen LogP contribution >= 0.6 is 0 Å². The third-order valence-corrected chi connectivity index (χ3v) is 2.05. The molecule has 0 saturated heterocycles. The molecule has 0 aliphatic heterocycles. The van der Waals surface area contributed by atoms with Crippen LogP contribution in [0.3, 0.4) is 0 Å². The lowest BCUT2D eigenvalue weighted by Crippen LogP contribution is -1.85. The molecule has 0 bridgehead atoms. The number of unbranched alkanes of at least 4 members (excludes halogenated alkanes) is 2. The molecular weight excluding hydrogens is 176 g/mol. The topological polar surface area (TPSA) is 34.1 Å². The quantitative estimate of drug-likeness (QED) is 0.258. The van der Waals surface area contributed by atoms with Crippen LogP contribution in [-0.2, 0) is 9.59 Å². The van der Waals surface area contributed by atoms with Gasteiger partial charge in [-0.1, -0.05) is 18.9 Å². The third kappa shape index (κ3) is 7.51. The maximum atomic E-state index is 10.3. The van der Waals surface area contributed by atoms with E-state index in [2.05, 4.69) is 6.92 Å². The molecule has 0 radical (unpaired) electrons. The number of hydrogen-bond acceptors (Lipinski definition) is 2. The Hall–Kier alpha value is -1.14. The fraction of sp³-hybridized carbons (Fsp3) is 0.583. The van der Waals surface area contributed by atoms with Crippen molar-refractivity contribution in [3.05, 3.63) is 17.7 Å². The van der Waals surface area contributed by atoms with E-state index < -0.39 is 0 Å². The summed E-state index contributed by atoms with van der Waals surface area (Å²) in [4.78, 5) is 20.2. The molecule has 0 heterocycles. The van der Waals surface area contributed by atoms with Gasteiger partial charge in [-0.05, 0) is 44.3 Å². The molecule has 2 heteroatoms. The minimum atomic E-state index is 0.796. The van der Waals surface area contributed by atoms with Gasteiger partial charge in [-0.15, -0.1) is 0 Å². The fourth-order valence-electron chi connectivity index (χ4n) is 1.37. The summed E-state index contributed by atoms with van der Waals surface area (Å²) in [6, 6.07) is 0. The SMILES string of the molecule is CCCC(=CC=O)CCCCC=C=O. The summed E-state index contributed by atoms with van der Waals surface area (Å²) in [7, 11) is 0. The summed E-state index contributed by atoms with van der Waals surface area (Å²) >= 11 is 0. The molecule has 0 rings (SSSR count). The van der Waals surface area contributed by atoms with Crippen LogP contribution in [0.2, 0.25) is 0 Å². The highest BCUT2D eigenvalue weighted by Gasteiger charge is 1.95. The number of carbonyl (C=O) groups is 1. The van der Waals surface area contributed by atoms with Crippen molar-refractivity contribution in [3.63, 3.8) is 0 Å². The summed E-state index contributed by atoms with van der Waals surface area (Å²) in [6.07, 6.45) is 9.92. The van der Waals surface area contributed by atoms with Crippen LogP contribution in [0.4, 0.5) is 0 Å². The molecule has 0 fully saturated rings. The van der Waals surface area contributed by atoms with Crippen molar-refractivity contribution in [2.75, 3.05) is 0 Å². The van der Waals surface area contributed by atoms with Crippen molar-refractivity contribution in [1.29, 1.82) is 0 Å². The lowest BCUT2D eigenvalue weighted by molar-refractivity contribution is -0.104. The Bertz CT molecular complexity index is 222. The first-order chi connectivity index (χ1) is 6.85. The Labute approximate surface area is 85.7 Å². The molecule has 0 aliphatic rings. The zero-order chi connectivity index (χ0) is 10.6. The van der Waals surface area contributed by atoms with Gasteiger partial charge in [0, 0.05) is 0 Å². The lowest BCUT2D eigenvalue weighted by Gasteiger charge is -2.03. The second-order valence-corrected chi connectivity index (χ2v) is 3.28. The van der Waals surface area contributed by atoms with Gasteiger partial charge in [-0.3, -0.25) is 4.79 Å². The van der Waals surface area contributed by atoms with Gasteiger partial charge < -0.3 is 0 Å². The number of rotatable bonds is 8. The van der Waals surface area contributed by atoms with E-state index in [1.165, 1.54) is 11.6 Å². The Morgan fingerprint density at radius 2 is 2.07 bits per heavy atom. The third-order valence-electron chi connectivity index (χ3n) is 2.05. The molecule has 0 spiro atoms. The minimum absolute atomic E-state index is 0.796. The van der Waals surface area contributed by atoms with Crippen molar-refractivity contribution < 1.29 is 9.59 Å². The van der Waals surface area contributed by atoms with Crippen LogP contribution < -0.4 is 0 Å². The Morgan fingerprint density at radius 3 is 2.64 bits per heavy atom. The van der Waals surface area contributed by atoms with Crippen molar-refractivity contribution in [2.24, 2.45) is 0 Å². The maximum Gasteiger partial charge on any atom is 0.142 e. The largest absolute Gasteiger partial charge is 0.299 e. The minimum Gasteiger partial charge on any atom is -0.299 e. The number of allylic oxidation sites excluding steroid dienone is 3. The molecule has 0 amide bonds. The Balaban J connectivity index is 3.65. The molecule has 0 N–H and O–H groups in total. The number of carbonyl (C=O) groups excluding carboxylic acids is 2. The van der Waals surface area contributed by atoms with Crippen molar-refractivity contribution >= 4 is 12.2 Å². The highest BCUT2D eigenvalue weighted by Crippen LogP contribution is 2.13. The predicted molar refractivity (Wildman–Crippen MR) is 57.8 cm³/mol. The van der Waals surface area contributed by atoms with Crippen LogP contribution in [0.25, 0.3) is 0 Å². The van der Waals surface area contributed by atoms with Gasteiger partial charge in [0.15, 0.2) is 0 Å². The summed E-state index contributed by atoms with van der Waals surface area (Å²) in [6.45, 7) is 2.10. The van der Waals surface area contributed by atoms with E-state index in [1.54, 1.807) is 12.0 Å². The second kappa shape index (κ2) is 9.94. The average molecular weight is 194 g/mol. The summed E-state index contributed by atoms with van der Waals surface area (Å²) < 4.78 is 0. The lowest BCUT2D eigenvalue weighted by atomic mass is 10.0. The molecule has 0 aliphatic carbocycles. The summed E-state index contributed by atoms with van der Waals surface area (Å²) in [5, 5.41) is 0. The highest BCUT2D eigenvalue weighted by atomic mass is 16.1. The first-order valence-corrected chi connectivity index (χ1v) is 5.17. The van der Waals surface area contributed by atoms with E-state index in [1.807, 2.05) is 0 Å². The predicted octanol–water partition coefficient (Wildman–Crippen LogP) is 2.86. The van der Waals surface area contributed by atoms with Gasteiger partial charge in [0.1, 0.15) is 12.2 Å². The zero-order valence-corrected chi connectivity index (χ0v) is 8.79. The molecular formula is C12H18O2. The van der Waals surface area contributed by atoms with E-state index in [0.717, 1.165) is 44.8 Å². The molecule has 0 aromatic rings. The number of hydrogen-bond donors (Lipinski definition) is 0.